The van der Waals surface area contributed by atoms with Gasteiger partial charge in [0.25, 0.3) is 0 Å². The maximum atomic E-state index is 14.0. The molecule has 0 aliphatic carbocycles. The number of carbonyl (C=O) groups excluding carboxylic acids is 2. The molecular weight excluding hydrogens is 311 g/mol. The molecule has 0 spiro atoms. The molecule has 2 atom stereocenters. The van der Waals surface area contributed by atoms with Gasteiger partial charge in [0.1, 0.15) is 5.82 Å². The zero-order chi connectivity index (χ0) is 16.3. The second kappa shape index (κ2) is 6.97. The molecule has 0 saturated carbocycles. The third-order valence-electron chi connectivity index (χ3n) is 3.16. The van der Waals surface area contributed by atoms with Crippen molar-refractivity contribution in [1.82, 2.24) is 5.32 Å². The largest absolute Gasteiger partial charge is 0.423 e. The number of cyclic esters (lactones) is 1. The minimum Gasteiger partial charge on any atom is -0.423 e. The lowest BCUT2D eigenvalue weighted by atomic mass is 10.2. The molecule has 0 aromatic heterocycles. The molecule has 22 heavy (non-hydrogen) atoms. The summed E-state index contributed by atoms with van der Waals surface area (Å²) in [4.78, 5) is 24.7. The SMILES string of the molecule is CC(=O)N[C@H]1OC(=O)N(c2ccc(SCCO)c(F)c2)C1C. The maximum absolute atomic E-state index is 14.0. The summed E-state index contributed by atoms with van der Waals surface area (Å²) in [6, 6.07) is 3.95. The molecule has 8 heteroatoms. The van der Waals surface area contributed by atoms with Crippen molar-refractivity contribution in [1.29, 1.82) is 0 Å². The molecule has 2 rings (SSSR count). The highest BCUT2D eigenvalue weighted by molar-refractivity contribution is 7.99. The Labute approximate surface area is 131 Å². The van der Waals surface area contributed by atoms with Crippen LogP contribution < -0.4 is 10.2 Å². The monoisotopic (exact) mass is 328 g/mol. The number of halogens is 1. The van der Waals surface area contributed by atoms with Gasteiger partial charge in [0, 0.05) is 17.6 Å². The van der Waals surface area contributed by atoms with Crippen LogP contribution >= 0.6 is 11.8 Å². The lowest BCUT2D eigenvalue weighted by Crippen LogP contribution is -2.43. The van der Waals surface area contributed by atoms with E-state index in [1.54, 1.807) is 19.1 Å². The van der Waals surface area contributed by atoms with E-state index in [0.29, 0.717) is 16.3 Å². The molecule has 1 aliphatic heterocycles. The highest BCUT2D eigenvalue weighted by atomic mass is 32.2. The number of hydrogen-bond acceptors (Lipinski definition) is 5. The van der Waals surface area contributed by atoms with Gasteiger partial charge in [0.05, 0.1) is 18.3 Å². The van der Waals surface area contributed by atoms with Crippen molar-refractivity contribution in [3.05, 3.63) is 24.0 Å². The van der Waals surface area contributed by atoms with Crippen molar-refractivity contribution < 1.29 is 23.8 Å². The second-order valence-electron chi connectivity index (χ2n) is 4.80. The van der Waals surface area contributed by atoms with Gasteiger partial charge >= 0.3 is 6.09 Å². The smallest absolute Gasteiger partial charge is 0.416 e. The lowest BCUT2D eigenvalue weighted by Gasteiger charge is -2.21. The van der Waals surface area contributed by atoms with Crippen LogP contribution in [0.5, 0.6) is 0 Å². The van der Waals surface area contributed by atoms with Crippen molar-refractivity contribution in [2.24, 2.45) is 0 Å². The number of nitrogens with one attached hydrogen (secondary N) is 1. The van der Waals surface area contributed by atoms with E-state index in [-0.39, 0.29) is 12.5 Å². The Morgan fingerprint density at radius 2 is 2.27 bits per heavy atom. The molecule has 1 aromatic carbocycles. The first-order chi connectivity index (χ1) is 10.4. The summed E-state index contributed by atoms with van der Waals surface area (Å²) in [6.07, 6.45) is -1.40. The molecule has 0 bridgehead atoms. The number of carbonyl (C=O) groups is 2. The molecule has 1 aromatic rings. The van der Waals surface area contributed by atoms with Crippen molar-refractivity contribution in [2.75, 3.05) is 17.3 Å². The van der Waals surface area contributed by atoms with E-state index in [1.807, 2.05) is 0 Å². The van der Waals surface area contributed by atoms with E-state index in [1.165, 1.54) is 29.7 Å². The summed E-state index contributed by atoms with van der Waals surface area (Å²) >= 11 is 1.19. The summed E-state index contributed by atoms with van der Waals surface area (Å²) in [6.45, 7) is 2.99. The number of amides is 2. The van der Waals surface area contributed by atoms with Crippen LogP contribution in [0.2, 0.25) is 0 Å². The predicted octanol–water partition coefficient (Wildman–Crippen LogP) is 1.72. The van der Waals surface area contributed by atoms with Crippen LogP contribution in [0.25, 0.3) is 0 Å². The van der Waals surface area contributed by atoms with Gasteiger partial charge in [-0.15, -0.1) is 11.8 Å². The summed E-state index contributed by atoms with van der Waals surface area (Å²) in [5.41, 5.74) is 0.358. The van der Waals surface area contributed by atoms with Crippen LogP contribution in [0.4, 0.5) is 14.9 Å². The Hall–Kier alpha value is -1.80. The standard InChI is InChI=1S/C14H17FN2O4S/c1-8-13(16-9(2)19)21-14(20)17(8)10-3-4-12(11(15)7-10)22-6-5-18/h3-4,7-8,13,18H,5-6H2,1-2H3,(H,16,19)/t8?,13-/m0/s1. The van der Waals surface area contributed by atoms with E-state index >= 15 is 0 Å². The molecule has 1 aliphatic rings. The van der Waals surface area contributed by atoms with Gasteiger partial charge in [-0.3, -0.25) is 9.69 Å². The van der Waals surface area contributed by atoms with E-state index in [0.717, 1.165) is 0 Å². The van der Waals surface area contributed by atoms with E-state index < -0.39 is 24.2 Å². The number of hydrogen-bond donors (Lipinski definition) is 2. The number of thioether (sulfide) groups is 1. The Balaban J connectivity index is 2.18. The van der Waals surface area contributed by atoms with Gasteiger partial charge in [0.15, 0.2) is 6.23 Å². The van der Waals surface area contributed by atoms with Gasteiger partial charge in [-0.2, -0.15) is 0 Å². The van der Waals surface area contributed by atoms with Crippen molar-refractivity contribution in [3.8, 4) is 0 Å². The predicted molar refractivity (Wildman–Crippen MR) is 80.2 cm³/mol. The van der Waals surface area contributed by atoms with Gasteiger partial charge in [-0.05, 0) is 25.1 Å². The summed E-state index contributed by atoms with van der Waals surface area (Å²) in [7, 11) is 0. The number of nitrogens with zero attached hydrogens (tertiary/aromatic N) is 1. The minimum absolute atomic E-state index is 0.0419. The average Bonchev–Trinajstić information content (AvgIpc) is 2.71. The van der Waals surface area contributed by atoms with Gasteiger partial charge in [-0.1, -0.05) is 0 Å². The van der Waals surface area contributed by atoms with Crippen LogP contribution in [0, 0.1) is 5.82 Å². The third kappa shape index (κ3) is 3.50. The molecule has 1 fully saturated rings. The first kappa shape index (κ1) is 16.6. The number of aliphatic hydroxyl groups is 1. The van der Waals surface area contributed by atoms with E-state index in [2.05, 4.69) is 5.32 Å². The quantitative estimate of drug-likeness (QED) is 0.805. The summed E-state index contributed by atoms with van der Waals surface area (Å²) in [5, 5.41) is 11.3. The highest BCUT2D eigenvalue weighted by Gasteiger charge is 2.40. The van der Waals surface area contributed by atoms with Crippen LogP contribution in [0.15, 0.2) is 23.1 Å². The first-order valence-electron chi connectivity index (χ1n) is 6.74. The maximum Gasteiger partial charge on any atom is 0.416 e. The van der Waals surface area contributed by atoms with Gasteiger partial charge < -0.3 is 15.2 Å². The fourth-order valence-electron chi connectivity index (χ4n) is 2.17. The van der Waals surface area contributed by atoms with E-state index in [9.17, 15) is 14.0 Å². The number of anilines is 1. The van der Waals surface area contributed by atoms with Crippen LogP contribution in [-0.4, -0.2) is 41.7 Å². The lowest BCUT2D eigenvalue weighted by molar-refractivity contribution is -0.121. The topological polar surface area (TPSA) is 78.9 Å². The minimum atomic E-state index is -0.767. The molecule has 120 valence electrons. The molecule has 2 N–H and O–H groups in total. The Morgan fingerprint density at radius 3 is 2.86 bits per heavy atom. The first-order valence-corrected chi connectivity index (χ1v) is 7.72. The Kier molecular flexibility index (Phi) is 5.25. The average molecular weight is 328 g/mol. The van der Waals surface area contributed by atoms with Gasteiger partial charge in [0.2, 0.25) is 5.91 Å². The van der Waals surface area contributed by atoms with Crippen molar-refractivity contribution >= 4 is 29.4 Å². The molecule has 1 heterocycles. The Bertz CT molecular complexity index is 584. The molecule has 6 nitrogen and oxygen atoms in total. The van der Waals surface area contributed by atoms with Crippen LogP contribution in [0.1, 0.15) is 13.8 Å². The fraction of sp³-hybridized carbons (Fsp3) is 0.429. The highest BCUT2D eigenvalue weighted by Crippen LogP contribution is 2.30. The number of ether oxygens (including phenoxy) is 1. The second-order valence-corrected chi connectivity index (χ2v) is 5.94. The summed E-state index contributed by atoms with van der Waals surface area (Å²) in [5.74, 6) is -0.393. The van der Waals surface area contributed by atoms with Crippen molar-refractivity contribution in [2.45, 2.75) is 31.0 Å². The molecule has 1 unspecified atom stereocenters. The van der Waals surface area contributed by atoms with Gasteiger partial charge in [-0.25, -0.2) is 9.18 Å². The van der Waals surface area contributed by atoms with Crippen molar-refractivity contribution in [3.63, 3.8) is 0 Å². The number of rotatable bonds is 5. The third-order valence-corrected chi connectivity index (χ3v) is 4.19. The fourth-order valence-corrected chi connectivity index (χ4v) is 2.84. The van der Waals surface area contributed by atoms with Crippen LogP contribution in [0.3, 0.4) is 0 Å². The normalized spacial score (nSPS) is 20.9. The van der Waals surface area contributed by atoms with Crippen LogP contribution in [-0.2, 0) is 9.53 Å². The zero-order valence-electron chi connectivity index (χ0n) is 12.2. The number of aliphatic hydroxyl groups excluding tert-OH is 1. The molecular formula is C14H17FN2O4S. The Morgan fingerprint density at radius 1 is 1.55 bits per heavy atom. The molecule has 1 saturated heterocycles. The number of benzene rings is 1. The molecule has 0 radical (unpaired) electrons. The molecule has 2 amide bonds. The zero-order valence-corrected chi connectivity index (χ0v) is 13.0. The summed E-state index contributed by atoms with van der Waals surface area (Å²) < 4.78 is 19.1. The van der Waals surface area contributed by atoms with E-state index in [4.69, 9.17) is 9.84 Å².